The fraction of sp³-hybridized carbons (Fsp3) is 0.333. The van der Waals surface area contributed by atoms with Crippen molar-refractivity contribution in [3.8, 4) is 0 Å². The minimum absolute atomic E-state index is 0.0625. The molecule has 0 fully saturated rings. The van der Waals surface area contributed by atoms with E-state index in [4.69, 9.17) is 11.6 Å². The molecule has 0 atom stereocenters. The molecule has 0 aliphatic carbocycles. The second kappa shape index (κ2) is 7.20. The summed E-state index contributed by atoms with van der Waals surface area (Å²) in [7, 11) is 0. The van der Waals surface area contributed by atoms with Gasteiger partial charge in [0, 0.05) is 47.5 Å². The molecular formula is C18H21ClN4O. The Labute approximate surface area is 145 Å². The van der Waals surface area contributed by atoms with Gasteiger partial charge in [0.25, 0.3) is 5.56 Å². The van der Waals surface area contributed by atoms with Gasteiger partial charge in [0.2, 0.25) is 0 Å². The second-order valence-corrected chi connectivity index (χ2v) is 6.30. The molecule has 0 spiro atoms. The fourth-order valence-corrected chi connectivity index (χ4v) is 2.95. The van der Waals surface area contributed by atoms with Crippen LogP contribution in [0.3, 0.4) is 0 Å². The number of benzene rings is 1. The number of H-pyrrole nitrogens is 1. The van der Waals surface area contributed by atoms with Crippen molar-refractivity contribution in [3.63, 3.8) is 0 Å². The summed E-state index contributed by atoms with van der Waals surface area (Å²) in [5, 5.41) is 5.91. The second-order valence-electron chi connectivity index (χ2n) is 5.86. The molecule has 0 aliphatic rings. The highest BCUT2D eigenvalue weighted by molar-refractivity contribution is 6.31. The van der Waals surface area contributed by atoms with Gasteiger partial charge in [-0.15, -0.1) is 0 Å². The minimum Gasteiger partial charge on any atom is -0.322 e. The molecule has 0 bridgehead atoms. The summed E-state index contributed by atoms with van der Waals surface area (Å²) in [6, 6.07) is 7.49. The SMILES string of the molecule is CCN(Cc1cnn(CC)c1)Cc1cc2ccc(Cl)cc2[nH]c1=O. The maximum Gasteiger partial charge on any atom is 0.252 e. The zero-order chi connectivity index (χ0) is 17.1. The highest BCUT2D eigenvalue weighted by atomic mass is 35.5. The lowest BCUT2D eigenvalue weighted by atomic mass is 10.1. The number of aryl methyl sites for hydroxylation is 1. The van der Waals surface area contributed by atoms with Crippen molar-refractivity contribution in [1.29, 1.82) is 0 Å². The van der Waals surface area contributed by atoms with Crippen LogP contribution in [-0.4, -0.2) is 26.2 Å². The molecule has 2 heterocycles. The Bertz CT molecular complexity index is 899. The van der Waals surface area contributed by atoms with Crippen LogP contribution in [0.5, 0.6) is 0 Å². The molecule has 2 aromatic heterocycles. The van der Waals surface area contributed by atoms with E-state index in [1.165, 1.54) is 0 Å². The van der Waals surface area contributed by atoms with E-state index in [1.54, 1.807) is 6.07 Å². The van der Waals surface area contributed by atoms with Gasteiger partial charge >= 0.3 is 0 Å². The number of pyridine rings is 1. The van der Waals surface area contributed by atoms with E-state index in [0.29, 0.717) is 11.6 Å². The van der Waals surface area contributed by atoms with Crippen LogP contribution in [0.2, 0.25) is 5.02 Å². The number of hydrogen-bond acceptors (Lipinski definition) is 3. The maximum absolute atomic E-state index is 12.4. The lowest BCUT2D eigenvalue weighted by Crippen LogP contribution is -2.26. The number of hydrogen-bond donors (Lipinski definition) is 1. The summed E-state index contributed by atoms with van der Waals surface area (Å²) < 4.78 is 1.91. The smallest absolute Gasteiger partial charge is 0.252 e. The molecule has 24 heavy (non-hydrogen) atoms. The van der Waals surface area contributed by atoms with Crippen LogP contribution in [0.1, 0.15) is 25.0 Å². The average Bonchev–Trinajstić information content (AvgIpc) is 3.02. The summed E-state index contributed by atoms with van der Waals surface area (Å²) in [5.74, 6) is 0. The number of rotatable bonds is 6. The van der Waals surface area contributed by atoms with Crippen LogP contribution in [0.15, 0.2) is 41.5 Å². The summed E-state index contributed by atoms with van der Waals surface area (Å²) in [4.78, 5) is 17.5. The van der Waals surface area contributed by atoms with Crippen molar-refractivity contribution in [2.45, 2.75) is 33.5 Å². The molecule has 0 saturated carbocycles. The predicted octanol–water partition coefficient (Wildman–Crippen LogP) is 3.42. The van der Waals surface area contributed by atoms with Gasteiger partial charge < -0.3 is 4.98 Å². The third-order valence-corrected chi connectivity index (χ3v) is 4.38. The van der Waals surface area contributed by atoms with E-state index in [-0.39, 0.29) is 5.56 Å². The van der Waals surface area contributed by atoms with Crippen molar-refractivity contribution < 1.29 is 0 Å². The van der Waals surface area contributed by atoms with Crippen molar-refractivity contribution in [2.75, 3.05) is 6.54 Å². The fourth-order valence-electron chi connectivity index (χ4n) is 2.78. The summed E-state index contributed by atoms with van der Waals surface area (Å²) in [5.41, 5.74) is 2.62. The lowest BCUT2D eigenvalue weighted by molar-refractivity contribution is 0.270. The van der Waals surface area contributed by atoms with Crippen LogP contribution in [0, 0.1) is 0 Å². The monoisotopic (exact) mass is 344 g/mol. The molecule has 5 nitrogen and oxygen atoms in total. The van der Waals surface area contributed by atoms with E-state index >= 15 is 0 Å². The Hall–Kier alpha value is -2.11. The average molecular weight is 345 g/mol. The van der Waals surface area contributed by atoms with Gasteiger partial charge in [0.05, 0.1) is 6.20 Å². The lowest BCUT2D eigenvalue weighted by Gasteiger charge is -2.19. The minimum atomic E-state index is -0.0625. The molecule has 0 aliphatic heterocycles. The molecule has 0 amide bonds. The Morgan fingerprint density at radius 2 is 2.08 bits per heavy atom. The van der Waals surface area contributed by atoms with E-state index in [0.717, 1.165) is 41.7 Å². The maximum atomic E-state index is 12.4. The molecule has 1 N–H and O–H groups in total. The molecule has 1 aromatic carbocycles. The Morgan fingerprint density at radius 1 is 1.25 bits per heavy atom. The van der Waals surface area contributed by atoms with E-state index in [9.17, 15) is 4.79 Å². The standard InChI is InChI=1S/C18H21ClN4O/c1-3-22(10-13-9-20-23(4-2)11-13)12-15-7-14-5-6-16(19)8-17(14)21-18(15)24/h5-9,11H,3-4,10,12H2,1-2H3,(H,21,24). The van der Waals surface area contributed by atoms with Crippen LogP contribution >= 0.6 is 11.6 Å². The molecule has 0 saturated heterocycles. The third-order valence-electron chi connectivity index (χ3n) is 4.14. The van der Waals surface area contributed by atoms with Crippen molar-refractivity contribution in [3.05, 3.63) is 63.2 Å². The molecule has 6 heteroatoms. The molecule has 126 valence electrons. The normalized spacial score (nSPS) is 11.5. The largest absolute Gasteiger partial charge is 0.322 e. The number of fused-ring (bicyclic) bond motifs is 1. The van der Waals surface area contributed by atoms with Gasteiger partial charge in [-0.25, -0.2) is 0 Å². The van der Waals surface area contributed by atoms with E-state index in [2.05, 4.69) is 35.0 Å². The first-order valence-electron chi connectivity index (χ1n) is 8.14. The van der Waals surface area contributed by atoms with Crippen molar-refractivity contribution in [2.24, 2.45) is 0 Å². The topological polar surface area (TPSA) is 53.9 Å². The van der Waals surface area contributed by atoms with Gasteiger partial charge in [-0.1, -0.05) is 24.6 Å². The molecule has 0 radical (unpaired) electrons. The first-order valence-corrected chi connectivity index (χ1v) is 8.52. The number of halogens is 1. The zero-order valence-corrected chi connectivity index (χ0v) is 14.7. The van der Waals surface area contributed by atoms with Gasteiger partial charge in [0.1, 0.15) is 0 Å². The first-order chi connectivity index (χ1) is 11.6. The van der Waals surface area contributed by atoms with Crippen LogP contribution in [0.25, 0.3) is 10.9 Å². The van der Waals surface area contributed by atoms with Crippen molar-refractivity contribution >= 4 is 22.5 Å². The number of nitrogens with one attached hydrogen (secondary N) is 1. The van der Waals surface area contributed by atoms with Gasteiger partial charge in [-0.2, -0.15) is 5.10 Å². The third kappa shape index (κ3) is 3.68. The van der Waals surface area contributed by atoms with E-state index in [1.807, 2.05) is 29.1 Å². The molecule has 3 aromatic rings. The number of nitrogens with zero attached hydrogens (tertiary/aromatic N) is 3. The Balaban J connectivity index is 1.82. The zero-order valence-electron chi connectivity index (χ0n) is 13.9. The van der Waals surface area contributed by atoms with Gasteiger partial charge in [-0.3, -0.25) is 14.4 Å². The number of aromatic amines is 1. The van der Waals surface area contributed by atoms with Crippen LogP contribution < -0.4 is 5.56 Å². The van der Waals surface area contributed by atoms with Crippen LogP contribution in [0.4, 0.5) is 0 Å². The summed E-state index contributed by atoms with van der Waals surface area (Å²) in [6.07, 6.45) is 3.94. The predicted molar refractivity (Wildman–Crippen MR) is 97.3 cm³/mol. The highest BCUT2D eigenvalue weighted by Crippen LogP contribution is 2.17. The van der Waals surface area contributed by atoms with Crippen molar-refractivity contribution in [1.82, 2.24) is 19.7 Å². The summed E-state index contributed by atoms with van der Waals surface area (Å²) >= 11 is 5.98. The summed E-state index contributed by atoms with van der Waals surface area (Å²) in [6.45, 7) is 7.25. The van der Waals surface area contributed by atoms with E-state index < -0.39 is 0 Å². The van der Waals surface area contributed by atoms with Gasteiger partial charge in [0.15, 0.2) is 0 Å². The molecular weight excluding hydrogens is 324 g/mol. The molecule has 0 unspecified atom stereocenters. The highest BCUT2D eigenvalue weighted by Gasteiger charge is 2.10. The quantitative estimate of drug-likeness (QED) is 0.745. The van der Waals surface area contributed by atoms with Gasteiger partial charge in [-0.05, 0) is 37.1 Å². The Kier molecular flexibility index (Phi) is 5.02. The van der Waals surface area contributed by atoms with Crippen LogP contribution in [-0.2, 0) is 19.6 Å². The Morgan fingerprint density at radius 3 is 2.79 bits per heavy atom. The number of aromatic nitrogens is 3. The first kappa shape index (κ1) is 16.7. The molecule has 3 rings (SSSR count).